The third kappa shape index (κ3) is 8.28. The van der Waals surface area contributed by atoms with Crippen LogP contribution in [0.5, 0.6) is 5.75 Å². The summed E-state index contributed by atoms with van der Waals surface area (Å²) in [6.07, 6.45) is 5.57. The summed E-state index contributed by atoms with van der Waals surface area (Å²) in [5, 5.41) is 5.13. The Labute approximate surface area is 307 Å². The third-order valence-electron chi connectivity index (χ3n) is 10.8. The molecular weight excluding hydrogens is 685 g/mol. The lowest BCUT2D eigenvalue weighted by Gasteiger charge is -2.45. The first-order valence-electron chi connectivity index (χ1n) is 18.6. The number of nitrogens with one attached hydrogen (secondary N) is 1. The molecule has 1 aliphatic carbocycles. The summed E-state index contributed by atoms with van der Waals surface area (Å²) in [5.41, 5.74) is 5.92. The summed E-state index contributed by atoms with van der Waals surface area (Å²) in [6.45, 7) is 4.31. The Morgan fingerprint density at radius 1 is 0.925 bits per heavy atom. The zero-order valence-corrected chi connectivity index (χ0v) is 29.9. The molecule has 2 saturated heterocycles. The minimum Gasteiger partial charge on any atom is -0.488 e. The first kappa shape index (κ1) is 36.7. The number of rotatable bonds is 14. The van der Waals surface area contributed by atoms with Crippen molar-refractivity contribution in [1.29, 1.82) is 0 Å². The zero-order chi connectivity index (χ0) is 37.1. The van der Waals surface area contributed by atoms with Gasteiger partial charge in [-0.2, -0.15) is 4.39 Å². The number of amides is 2. The number of benzene rings is 3. The van der Waals surface area contributed by atoms with Crippen LogP contribution in [0.3, 0.4) is 0 Å². The maximum Gasteiger partial charge on any atom is 0.313 e. The topological polar surface area (TPSA) is 91.4 Å². The van der Waals surface area contributed by atoms with E-state index >= 15 is 0 Å². The molecule has 4 aliphatic rings. The molecule has 3 aromatic rings. The van der Waals surface area contributed by atoms with Gasteiger partial charge in [-0.05, 0) is 92.7 Å². The highest BCUT2D eigenvalue weighted by Crippen LogP contribution is 2.37. The van der Waals surface area contributed by atoms with Crippen molar-refractivity contribution in [3.05, 3.63) is 106 Å². The van der Waals surface area contributed by atoms with Crippen LogP contribution in [0.25, 0.3) is 5.57 Å². The van der Waals surface area contributed by atoms with Gasteiger partial charge in [-0.1, -0.05) is 54.1 Å². The molecule has 1 N–H and O–H groups in total. The van der Waals surface area contributed by atoms with Crippen molar-refractivity contribution in [2.45, 2.75) is 82.5 Å². The van der Waals surface area contributed by atoms with Crippen LogP contribution >= 0.6 is 0 Å². The Bertz CT molecular complexity index is 1850. The second-order valence-electron chi connectivity index (χ2n) is 14.5. The van der Waals surface area contributed by atoms with Gasteiger partial charge in [0.2, 0.25) is 11.7 Å². The van der Waals surface area contributed by atoms with Gasteiger partial charge in [-0.25, -0.2) is 8.78 Å². The maximum absolute atomic E-state index is 14.8. The molecule has 1 saturated carbocycles. The smallest absolute Gasteiger partial charge is 0.313 e. The van der Waals surface area contributed by atoms with Crippen molar-refractivity contribution in [1.82, 2.24) is 20.2 Å². The van der Waals surface area contributed by atoms with Gasteiger partial charge in [0.1, 0.15) is 6.04 Å². The van der Waals surface area contributed by atoms with Crippen molar-refractivity contribution in [2.24, 2.45) is 0 Å². The standard InChI is InChI=1S/C41H45F3N4O5/c1-26-6-8-28(9-7-26)18-20-47(31-14-15-31)41(51)37-32(22-30-23-46(24-35(37)45-30)40(50)36-5-2-19-48(36)53-25-49)29-12-10-27(11-13-29)4-3-21-52-39-34(43)17-16-33(42)38(39)44/h6-13,16-17,25,30-31,35-36,45H,2-5,14-15,18-24H2,1H3/t30-,35+,36?/m0/s1. The van der Waals surface area contributed by atoms with E-state index in [-0.39, 0.29) is 36.5 Å². The highest BCUT2D eigenvalue weighted by atomic mass is 19.2. The summed E-state index contributed by atoms with van der Waals surface area (Å²) in [7, 11) is 0. The number of carbonyl (C=O) groups is 3. The van der Waals surface area contributed by atoms with Gasteiger partial charge in [-0.15, -0.1) is 5.06 Å². The molecule has 1 unspecified atom stereocenters. The number of aryl methyl sites for hydroxylation is 2. The Kier molecular flexibility index (Phi) is 11.2. The van der Waals surface area contributed by atoms with Crippen LogP contribution in [-0.2, 0) is 32.1 Å². The molecule has 0 radical (unpaired) electrons. The number of nitrogens with zero attached hydrogens (tertiary/aromatic N) is 3. The van der Waals surface area contributed by atoms with E-state index in [2.05, 4.69) is 36.5 Å². The second kappa shape index (κ2) is 16.1. The second-order valence-corrected chi connectivity index (χ2v) is 14.5. The molecule has 0 spiro atoms. The monoisotopic (exact) mass is 730 g/mol. The van der Waals surface area contributed by atoms with Crippen molar-refractivity contribution < 1.29 is 37.1 Å². The first-order chi connectivity index (χ1) is 25.7. The predicted octanol–water partition coefficient (Wildman–Crippen LogP) is 5.54. The van der Waals surface area contributed by atoms with Crippen LogP contribution in [0.15, 0.2) is 66.2 Å². The zero-order valence-electron chi connectivity index (χ0n) is 29.9. The van der Waals surface area contributed by atoms with Gasteiger partial charge in [0, 0.05) is 43.8 Å². The number of hydrogen-bond donors (Lipinski definition) is 1. The molecule has 3 atom stereocenters. The number of piperazine rings is 1. The molecule has 9 nitrogen and oxygen atoms in total. The fraction of sp³-hybridized carbons (Fsp3) is 0.439. The molecular formula is C41H45F3N4O5. The van der Waals surface area contributed by atoms with Gasteiger partial charge < -0.3 is 24.7 Å². The fourth-order valence-electron chi connectivity index (χ4n) is 7.89. The number of hydrogen-bond acceptors (Lipinski definition) is 7. The molecule has 0 aromatic heterocycles. The Morgan fingerprint density at radius 2 is 1.64 bits per heavy atom. The molecule has 53 heavy (non-hydrogen) atoms. The lowest BCUT2D eigenvalue weighted by Crippen LogP contribution is -2.63. The van der Waals surface area contributed by atoms with E-state index < -0.39 is 29.2 Å². The van der Waals surface area contributed by atoms with E-state index in [0.29, 0.717) is 63.9 Å². The number of ether oxygens (including phenoxy) is 1. The number of fused-ring (bicyclic) bond motifs is 2. The highest BCUT2D eigenvalue weighted by molar-refractivity contribution is 6.03. The van der Waals surface area contributed by atoms with E-state index in [1.165, 1.54) is 16.2 Å². The van der Waals surface area contributed by atoms with E-state index in [9.17, 15) is 27.6 Å². The average molecular weight is 731 g/mol. The van der Waals surface area contributed by atoms with E-state index in [0.717, 1.165) is 54.5 Å². The molecule has 280 valence electrons. The van der Waals surface area contributed by atoms with Crippen LogP contribution in [0.4, 0.5) is 13.2 Å². The van der Waals surface area contributed by atoms with Crippen LogP contribution in [0.1, 0.15) is 60.8 Å². The molecule has 12 heteroatoms. The van der Waals surface area contributed by atoms with Crippen molar-refractivity contribution in [3.8, 4) is 5.75 Å². The predicted molar refractivity (Wildman–Crippen MR) is 192 cm³/mol. The first-order valence-corrected chi connectivity index (χ1v) is 18.6. The van der Waals surface area contributed by atoms with Crippen LogP contribution in [-0.4, -0.2) is 90.1 Å². The molecule has 2 amide bonds. The van der Waals surface area contributed by atoms with Gasteiger partial charge in [0.25, 0.3) is 5.91 Å². The molecule has 7 rings (SSSR count). The number of carbonyl (C=O) groups excluding carboxylic acids is 3. The van der Waals surface area contributed by atoms with Gasteiger partial charge in [0.05, 0.1) is 12.6 Å². The lowest BCUT2D eigenvalue weighted by atomic mass is 9.82. The van der Waals surface area contributed by atoms with Crippen LogP contribution in [0.2, 0.25) is 0 Å². The van der Waals surface area contributed by atoms with Crippen molar-refractivity contribution in [2.75, 3.05) is 32.8 Å². The normalized spacial score (nSPS) is 21.4. The van der Waals surface area contributed by atoms with Gasteiger partial charge in [-0.3, -0.25) is 14.4 Å². The van der Waals surface area contributed by atoms with Gasteiger partial charge in [0.15, 0.2) is 17.4 Å². The average Bonchev–Trinajstić information content (AvgIpc) is 3.90. The van der Waals surface area contributed by atoms with Gasteiger partial charge >= 0.3 is 6.47 Å². The van der Waals surface area contributed by atoms with Crippen molar-refractivity contribution >= 4 is 23.9 Å². The summed E-state index contributed by atoms with van der Waals surface area (Å²) in [5.74, 6) is -4.27. The summed E-state index contributed by atoms with van der Waals surface area (Å²) in [4.78, 5) is 48.7. The summed E-state index contributed by atoms with van der Waals surface area (Å²) >= 11 is 0. The Hall–Kier alpha value is -4.68. The van der Waals surface area contributed by atoms with E-state index in [4.69, 9.17) is 9.57 Å². The molecule has 3 aliphatic heterocycles. The third-order valence-corrected chi connectivity index (χ3v) is 10.8. The largest absolute Gasteiger partial charge is 0.488 e. The SMILES string of the molecule is Cc1ccc(CCN(C(=O)C2=C(c3ccc(CCCOc4c(F)ccc(F)c4F)cc3)C[C@H]3CN(C(=O)C4CCCN4OC=O)C[C@H]2N3)C2CC2)cc1. The fourth-order valence-corrected chi connectivity index (χ4v) is 7.89. The molecule has 3 fully saturated rings. The molecule has 3 aromatic carbocycles. The van der Waals surface area contributed by atoms with E-state index in [1.54, 1.807) is 0 Å². The van der Waals surface area contributed by atoms with Crippen molar-refractivity contribution in [3.63, 3.8) is 0 Å². The summed E-state index contributed by atoms with van der Waals surface area (Å²) in [6, 6.07) is 17.1. The molecule has 3 heterocycles. The number of halogens is 3. The maximum atomic E-state index is 14.8. The molecule has 2 bridgehead atoms. The van der Waals surface area contributed by atoms with Crippen LogP contribution < -0.4 is 10.1 Å². The lowest BCUT2D eigenvalue weighted by molar-refractivity contribution is -0.183. The quantitative estimate of drug-likeness (QED) is 0.133. The van der Waals surface area contributed by atoms with E-state index in [1.807, 2.05) is 34.1 Å². The Balaban J connectivity index is 1.11. The minimum atomic E-state index is -1.34. The number of hydroxylamine groups is 2. The minimum absolute atomic E-state index is 0.00652. The highest BCUT2D eigenvalue weighted by Gasteiger charge is 2.45. The Morgan fingerprint density at radius 3 is 2.38 bits per heavy atom. The summed E-state index contributed by atoms with van der Waals surface area (Å²) < 4.78 is 46.8. The van der Waals surface area contributed by atoms with Crippen LogP contribution in [0, 0.1) is 24.4 Å².